The number of rotatable bonds is 5. The van der Waals surface area contributed by atoms with Crippen molar-refractivity contribution >= 4 is 26.6 Å². The number of amides is 1. The van der Waals surface area contributed by atoms with E-state index in [9.17, 15) is 13.2 Å². The Morgan fingerprint density at radius 2 is 2.03 bits per heavy atom. The van der Waals surface area contributed by atoms with Crippen LogP contribution in [0.15, 0.2) is 53.8 Å². The summed E-state index contributed by atoms with van der Waals surface area (Å²) in [6.45, 7) is 2.28. The zero-order valence-electron chi connectivity index (χ0n) is 19.1. The average Bonchev–Trinajstić information content (AvgIpc) is 3.51. The van der Waals surface area contributed by atoms with Crippen molar-refractivity contribution in [2.75, 3.05) is 12.8 Å². The summed E-state index contributed by atoms with van der Waals surface area (Å²) in [5.74, 6) is 1.04. The topological polar surface area (TPSA) is 110 Å². The fraction of sp³-hybridized carbons (Fsp3) is 0.292. The number of carbonyl (C=O) groups is 1. The Bertz CT molecular complexity index is 1490. The Hall–Kier alpha value is -3.66. The Balaban J connectivity index is 1.59. The number of pyridine rings is 1. The number of likely N-dealkylation sites (tertiary alicyclic amines) is 1. The first-order chi connectivity index (χ1) is 16.2. The van der Waals surface area contributed by atoms with Gasteiger partial charge in [-0.1, -0.05) is 0 Å². The molecule has 9 nitrogen and oxygen atoms in total. The minimum absolute atomic E-state index is 0.0142. The second-order valence-electron chi connectivity index (χ2n) is 8.61. The molecule has 0 bridgehead atoms. The van der Waals surface area contributed by atoms with Gasteiger partial charge in [0.2, 0.25) is 5.91 Å². The van der Waals surface area contributed by atoms with Crippen LogP contribution in [0.2, 0.25) is 0 Å². The molecular formula is C24H25N5O4S. The number of carbonyl (C=O) groups excluding carboxylic acids is 1. The van der Waals surface area contributed by atoms with Gasteiger partial charge in [-0.05, 0) is 49.2 Å². The number of sulfone groups is 1. The molecular weight excluding hydrogens is 454 g/mol. The number of nitrogens with zero attached hydrogens (tertiary/aromatic N) is 4. The molecule has 1 amide bonds. The fourth-order valence-electron chi connectivity index (χ4n) is 4.46. The van der Waals surface area contributed by atoms with E-state index >= 15 is 0 Å². The highest BCUT2D eigenvalue weighted by Crippen LogP contribution is 2.41. The largest absolute Gasteiger partial charge is 0.455 e. The molecule has 0 radical (unpaired) electrons. The van der Waals surface area contributed by atoms with Crippen LogP contribution in [-0.2, 0) is 21.7 Å². The van der Waals surface area contributed by atoms with E-state index < -0.39 is 9.84 Å². The van der Waals surface area contributed by atoms with Gasteiger partial charge in [-0.3, -0.25) is 9.48 Å². The molecule has 4 aromatic rings. The van der Waals surface area contributed by atoms with Gasteiger partial charge in [-0.15, -0.1) is 0 Å². The minimum atomic E-state index is -3.40. The maximum absolute atomic E-state index is 12.3. The van der Waals surface area contributed by atoms with Gasteiger partial charge in [0.1, 0.15) is 17.2 Å². The number of ether oxygens (including phenoxy) is 1. The molecule has 3 aromatic heterocycles. The van der Waals surface area contributed by atoms with E-state index in [1.54, 1.807) is 17.7 Å². The zero-order chi connectivity index (χ0) is 24.0. The van der Waals surface area contributed by atoms with Crippen LogP contribution in [0, 0.1) is 0 Å². The summed E-state index contributed by atoms with van der Waals surface area (Å²) >= 11 is 0. The summed E-state index contributed by atoms with van der Waals surface area (Å²) in [6, 6.07) is 10.8. The maximum atomic E-state index is 12.3. The quantitative estimate of drug-likeness (QED) is 0.466. The van der Waals surface area contributed by atoms with Gasteiger partial charge >= 0.3 is 0 Å². The Labute approximate surface area is 197 Å². The van der Waals surface area contributed by atoms with E-state index in [4.69, 9.17) is 4.74 Å². The van der Waals surface area contributed by atoms with E-state index in [0.29, 0.717) is 18.0 Å². The molecule has 1 fully saturated rings. The Kier molecular flexibility index (Phi) is 5.40. The van der Waals surface area contributed by atoms with Crippen molar-refractivity contribution in [3.05, 3.63) is 54.4 Å². The Morgan fingerprint density at radius 1 is 1.21 bits per heavy atom. The molecule has 1 aliphatic rings. The van der Waals surface area contributed by atoms with E-state index in [1.807, 2.05) is 42.4 Å². The number of hydrogen-bond acceptors (Lipinski definition) is 6. The molecule has 10 heteroatoms. The fourth-order valence-corrected chi connectivity index (χ4v) is 5.02. The van der Waals surface area contributed by atoms with Crippen molar-refractivity contribution in [1.82, 2.24) is 24.6 Å². The van der Waals surface area contributed by atoms with Crippen LogP contribution in [-0.4, -0.2) is 51.8 Å². The molecule has 4 heterocycles. The first-order valence-corrected chi connectivity index (χ1v) is 12.9. The molecule has 0 aliphatic carbocycles. The number of benzene rings is 1. The number of nitrogens with one attached hydrogen (secondary N) is 1. The third-order valence-corrected chi connectivity index (χ3v) is 7.08. The van der Waals surface area contributed by atoms with Gasteiger partial charge < -0.3 is 14.6 Å². The first-order valence-electron chi connectivity index (χ1n) is 11.0. The maximum Gasteiger partial charge on any atom is 0.219 e. The van der Waals surface area contributed by atoms with E-state index in [2.05, 4.69) is 15.1 Å². The minimum Gasteiger partial charge on any atom is -0.455 e. The highest BCUT2D eigenvalue weighted by atomic mass is 32.2. The summed E-state index contributed by atoms with van der Waals surface area (Å²) < 4.78 is 31.5. The molecule has 5 rings (SSSR count). The molecule has 0 saturated carbocycles. The number of hydrogen-bond donors (Lipinski definition) is 1. The Morgan fingerprint density at radius 3 is 2.68 bits per heavy atom. The summed E-state index contributed by atoms with van der Waals surface area (Å²) in [5, 5.41) is 5.40. The SMILES string of the molecule is CC(=O)N1CCC[C@@H]1c1cc2[nH]c(-c3ccn(C)n3)cc2cc1Oc1ccc(S(C)(=O)=O)nc1. The van der Waals surface area contributed by atoms with Crippen molar-refractivity contribution < 1.29 is 17.9 Å². The monoisotopic (exact) mass is 479 g/mol. The van der Waals surface area contributed by atoms with E-state index in [0.717, 1.165) is 47.0 Å². The summed E-state index contributed by atoms with van der Waals surface area (Å²) in [6.07, 6.45) is 6.15. The summed E-state index contributed by atoms with van der Waals surface area (Å²) in [5.41, 5.74) is 3.52. The molecule has 1 aliphatic heterocycles. The van der Waals surface area contributed by atoms with Crippen LogP contribution >= 0.6 is 0 Å². The highest BCUT2D eigenvalue weighted by Gasteiger charge is 2.31. The average molecular weight is 480 g/mol. The van der Waals surface area contributed by atoms with Gasteiger partial charge in [0, 0.05) is 49.4 Å². The summed E-state index contributed by atoms with van der Waals surface area (Å²) in [7, 11) is -1.53. The van der Waals surface area contributed by atoms with Crippen LogP contribution < -0.4 is 4.74 Å². The number of H-pyrrole nitrogens is 1. The van der Waals surface area contributed by atoms with Crippen LogP contribution in [0.25, 0.3) is 22.3 Å². The van der Waals surface area contributed by atoms with Gasteiger partial charge in [0.15, 0.2) is 14.9 Å². The molecule has 0 spiro atoms. The predicted octanol–water partition coefficient (Wildman–Crippen LogP) is 3.84. The van der Waals surface area contributed by atoms with Crippen LogP contribution in [0.3, 0.4) is 0 Å². The first kappa shape index (κ1) is 22.1. The van der Waals surface area contributed by atoms with E-state index in [-0.39, 0.29) is 17.0 Å². The molecule has 0 unspecified atom stereocenters. The standard InChI is InChI=1S/C24H25N5O4S/c1-15(30)29-9-4-5-22(29)18-13-20-16(11-21(26-20)19-8-10-28(2)27-19)12-23(18)33-17-6-7-24(25-14-17)34(3,31)32/h6-8,10-14,22,26H,4-5,9H2,1-3H3/t22-/m1/s1. The number of aromatic amines is 1. The van der Waals surface area contributed by atoms with Gasteiger partial charge in [0.25, 0.3) is 0 Å². The molecule has 1 saturated heterocycles. The smallest absolute Gasteiger partial charge is 0.219 e. The lowest BCUT2D eigenvalue weighted by atomic mass is 10.0. The second kappa shape index (κ2) is 8.28. The lowest BCUT2D eigenvalue weighted by Crippen LogP contribution is -2.28. The van der Waals surface area contributed by atoms with Crippen molar-refractivity contribution in [3.63, 3.8) is 0 Å². The normalized spacial score (nSPS) is 16.3. The molecule has 1 N–H and O–H groups in total. The van der Waals surface area contributed by atoms with Crippen LogP contribution in [0.4, 0.5) is 0 Å². The predicted molar refractivity (Wildman–Crippen MR) is 127 cm³/mol. The van der Waals surface area contributed by atoms with Crippen molar-refractivity contribution in [1.29, 1.82) is 0 Å². The number of aromatic nitrogens is 4. The molecule has 176 valence electrons. The van der Waals surface area contributed by atoms with Crippen molar-refractivity contribution in [3.8, 4) is 22.9 Å². The number of fused-ring (bicyclic) bond motifs is 1. The van der Waals surface area contributed by atoms with Crippen LogP contribution in [0.5, 0.6) is 11.5 Å². The van der Waals surface area contributed by atoms with Crippen LogP contribution in [0.1, 0.15) is 31.4 Å². The lowest BCUT2D eigenvalue weighted by Gasteiger charge is -2.25. The number of aryl methyl sites for hydroxylation is 1. The lowest BCUT2D eigenvalue weighted by molar-refractivity contribution is -0.129. The van der Waals surface area contributed by atoms with Crippen molar-refractivity contribution in [2.45, 2.75) is 30.8 Å². The van der Waals surface area contributed by atoms with Gasteiger partial charge in [-0.2, -0.15) is 5.10 Å². The highest BCUT2D eigenvalue weighted by molar-refractivity contribution is 7.90. The second-order valence-corrected chi connectivity index (χ2v) is 10.6. The molecule has 1 atom stereocenters. The van der Waals surface area contributed by atoms with Gasteiger partial charge in [0.05, 0.1) is 17.9 Å². The third kappa shape index (κ3) is 4.16. The summed E-state index contributed by atoms with van der Waals surface area (Å²) in [4.78, 5) is 21.6. The zero-order valence-corrected chi connectivity index (χ0v) is 20.0. The van der Waals surface area contributed by atoms with Gasteiger partial charge in [-0.25, -0.2) is 13.4 Å². The molecule has 34 heavy (non-hydrogen) atoms. The third-order valence-electron chi connectivity index (χ3n) is 6.07. The van der Waals surface area contributed by atoms with E-state index in [1.165, 1.54) is 12.3 Å². The molecule has 1 aromatic carbocycles. The van der Waals surface area contributed by atoms with Crippen molar-refractivity contribution in [2.24, 2.45) is 7.05 Å².